The van der Waals surface area contributed by atoms with Crippen molar-refractivity contribution in [3.05, 3.63) is 0 Å². The Morgan fingerprint density at radius 2 is 1.50 bits per heavy atom. The fraction of sp³-hybridized carbons (Fsp3) is 0.933. The summed E-state index contributed by atoms with van der Waals surface area (Å²) < 4.78 is 4.67. The third-order valence-corrected chi connectivity index (χ3v) is 3.13. The minimum atomic E-state index is -0.0948. The summed E-state index contributed by atoms with van der Waals surface area (Å²) in [6.45, 7) is 12.3. The summed E-state index contributed by atoms with van der Waals surface area (Å²) in [4.78, 5) is 13.6. The molecule has 0 bridgehead atoms. The maximum absolute atomic E-state index is 11.1. The molecule has 108 valence electrons. The molecule has 0 amide bonds. The van der Waals surface area contributed by atoms with Gasteiger partial charge in [-0.15, -0.1) is 0 Å². The van der Waals surface area contributed by atoms with Crippen LogP contribution in [0.15, 0.2) is 0 Å². The lowest BCUT2D eigenvalue weighted by Crippen LogP contribution is -2.29. The van der Waals surface area contributed by atoms with Gasteiger partial charge in [-0.2, -0.15) is 0 Å². The van der Waals surface area contributed by atoms with Gasteiger partial charge in [0, 0.05) is 6.42 Å². The number of carbonyl (C=O) groups excluding carboxylic acids is 1. The van der Waals surface area contributed by atoms with Crippen molar-refractivity contribution in [2.75, 3.05) is 26.7 Å². The highest BCUT2D eigenvalue weighted by molar-refractivity contribution is 5.69. The minimum Gasteiger partial charge on any atom is -0.469 e. The monoisotopic (exact) mass is 257 g/mol. The first-order valence-electron chi connectivity index (χ1n) is 7.24. The molecule has 0 saturated carbocycles. The maximum atomic E-state index is 11.1. The van der Waals surface area contributed by atoms with Gasteiger partial charge < -0.3 is 9.64 Å². The van der Waals surface area contributed by atoms with Crippen molar-refractivity contribution < 1.29 is 9.53 Å². The molecule has 0 fully saturated rings. The van der Waals surface area contributed by atoms with E-state index in [1.54, 1.807) is 0 Å². The molecule has 0 saturated heterocycles. The molecule has 0 radical (unpaired) electrons. The van der Waals surface area contributed by atoms with Crippen molar-refractivity contribution in [2.24, 2.45) is 11.8 Å². The lowest BCUT2D eigenvalue weighted by Gasteiger charge is -2.24. The highest BCUT2D eigenvalue weighted by atomic mass is 16.5. The average molecular weight is 257 g/mol. The average Bonchev–Trinajstić information content (AvgIpc) is 2.31. The Hall–Kier alpha value is -0.570. The van der Waals surface area contributed by atoms with Crippen molar-refractivity contribution >= 4 is 5.97 Å². The molecule has 0 aliphatic rings. The molecule has 0 aliphatic carbocycles. The number of hydrogen-bond acceptors (Lipinski definition) is 3. The SMILES string of the molecule is COC(=O)CCCN(CCC(C)C)CCC(C)C. The van der Waals surface area contributed by atoms with Crippen LogP contribution in [0, 0.1) is 11.8 Å². The second-order valence-electron chi connectivity index (χ2n) is 5.89. The number of hydrogen-bond donors (Lipinski definition) is 0. The molecule has 18 heavy (non-hydrogen) atoms. The molecule has 3 heteroatoms. The number of rotatable bonds is 10. The quantitative estimate of drug-likeness (QED) is 0.562. The van der Waals surface area contributed by atoms with E-state index in [0.29, 0.717) is 6.42 Å². The first-order chi connectivity index (χ1) is 8.45. The van der Waals surface area contributed by atoms with E-state index in [1.807, 2.05) is 0 Å². The number of methoxy groups -OCH3 is 1. The van der Waals surface area contributed by atoms with Gasteiger partial charge in [0.25, 0.3) is 0 Å². The maximum Gasteiger partial charge on any atom is 0.305 e. The summed E-state index contributed by atoms with van der Waals surface area (Å²) in [5.41, 5.74) is 0. The molecule has 0 heterocycles. The van der Waals surface area contributed by atoms with E-state index in [2.05, 4.69) is 37.3 Å². The Balaban J connectivity index is 3.91. The fourth-order valence-electron chi connectivity index (χ4n) is 1.77. The third-order valence-electron chi connectivity index (χ3n) is 3.13. The topological polar surface area (TPSA) is 29.5 Å². The summed E-state index contributed by atoms with van der Waals surface area (Å²) >= 11 is 0. The first kappa shape index (κ1) is 17.4. The standard InChI is InChI=1S/C15H31NO2/c1-13(2)8-11-16(12-9-14(3)4)10-6-7-15(17)18-5/h13-14H,6-12H2,1-5H3. The summed E-state index contributed by atoms with van der Waals surface area (Å²) in [6.07, 6.45) is 3.91. The summed E-state index contributed by atoms with van der Waals surface area (Å²) in [5.74, 6) is 1.39. The second kappa shape index (κ2) is 10.4. The normalized spacial score (nSPS) is 11.6. The zero-order valence-corrected chi connectivity index (χ0v) is 12.9. The van der Waals surface area contributed by atoms with Gasteiger partial charge in [0.05, 0.1) is 7.11 Å². The highest BCUT2D eigenvalue weighted by Gasteiger charge is 2.08. The molecule has 0 rings (SSSR count). The Labute approximate surface area is 113 Å². The van der Waals surface area contributed by atoms with Crippen LogP contribution in [0.2, 0.25) is 0 Å². The van der Waals surface area contributed by atoms with E-state index >= 15 is 0 Å². The van der Waals surface area contributed by atoms with Gasteiger partial charge in [-0.3, -0.25) is 4.79 Å². The van der Waals surface area contributed by atoms with Crippen LogP contribution >= 0.6 is 0 Å². The Morgan fingerprint density at radius 1 is 1.00 bits per heavy atom. The predicted molar refractivity (Wildman–Crippen MR) is 76.6 cm³/mol. The number of carbonyl (C=O) groups is 1. The second-order valence-corrected chi connectivity index (χ2v) is 5.89. The van der Waals surface area contributed by atoms with Crippen LogP contribution in [0.1, 0.15) is 53.4 Å². The number of ether oxygens (including phenoxy) is 1. The molecule has 0 atom stereocenters. The van der Waals surface area contributed by atoms with Gasteiger partial charge in [-0.25, -0.2) is 0 Å². The van der Waals surface area contributed by atoms with Crippen molar-refractivity contribution in [3.8, 4) is 0 Å². The van der Waals surface area contributed by atoms with Crippen molar-refractivity contribution in [1.29, 1.82) is 0 Å². The van der Waals surface area contributed by atoms with Crippen molar-refractivity contribution in [2.45, 2.75) is 53.4 Å². The molecule has 0 unspecified atom stereocenters. The summed E-state index contributed by atoms with van der Waals surface area (Å²) in [6, 6.07) is 0. The highest BCUT2D eigenvalue weighted by Crippen LogP contribution is 2.08. The minimum absolute atomic E-state index is 0.0948. The van der Waals surface area contributed by atoms with E-state index in [9.17, 15) is 4.79 Å². The first-order valence-corrected chi connectivity index (χ1v) is 7.24. The van der Waals surface area contributed by atoms with E-state index in [0.717, 1.165) is 37.9 Å². The molecular formula is C15H31NO2. The van der Waals surface area contributed by atoms with Gasteiger partial charge >= 0.3 is 5.97 Å². The van der Waals surface area contributed by atoms with Crippen LogP contribution in [-0.4, -0.2) is 37.6 Å². The van der Waals surface area contributed by atoms with E-state index in [1.165, 1.54) is 20.0 Å². The van der Waals surface area contributed by atoms with Crippen molar-refractivity contribution in [1.82, 2.24) is 4.90 Å². The molecule has 0 aliphatic heterocycles. The van der Waals surface area contributed by atoms with E-state index in [4.69, 9.17) is 0 Å². The Morgan fingerprint density at radius 3 is 1.89 bits per heavy atom. The predicted octanol–water partition coefficient (Wildman–Crippen LogP) is 3.33. The molecule has 0 aromatic rings. The van der Waals surface area contributed by atoms with E-state index < -0.39 is 0 Å². The van der Waals surface area contributed by atoms with Gasteiger partial charge in [0.1, 0.15) is 0 Å². The smallest absolute Gasteiger partial charge is 0.305 e. The molecule has 0 spiro atoms. The Kier molecular flexibility index (Phi) is 10.0. The summed E-state index contributed by atoms with van der Waals surface area (Å²) in [7, 11) is 1.46. The van der Waals surface area contributed by atoms with Crippen LogP contribution in [0.3, 0.4) is 0 Å². The fourth-order valence-corrected chi connectivity index (χ4v) is 1.77. The molecule has 0 N–H and O–H groups in total. The molecule has 0 aromatic heterocycles. The third kappa shape index (κ3) is 10.6. The van der Waals surface area contributed by atoms with Gasteiger partial charge in [-0.05, 0) is 50.7 Å². The van der Waals surface area contributed by atoms with Gasteiger partial charge in [0.15, 0.2) is 0 Å². The molecular weight excluding hydrogens is 226 g/mol. The van der Waals surface area contributed by atoms with E-state index in [-0.39, 0.29) is 5.97 Å². The lowest BCUT2D eigenvalue weighted by atomic mass is 10.1. The van der Waals surface area contributed by atoms with Crippen molar-refractivity contribution in [3.63, 3.8) is 0 Å². The summed E-state index contributed by atoms with van der Waals surface area (Å²) in [5, 5.41) is 0. The molecule has 3 nitrogen and oxygen atoms in total. The van der Waals surface area contributed by atoms with Gasteiger partial charge in [0.2, 0.25) is 0 Å². The van der Waals surface area contributed by atoms with Crippen LogP contribution in [0.5, 0.6) is 0 Å². The van der Waals surface area contributed by atoms with Crippen LogP contribution in [-0.2, 0) is 9.53 Å². The largest absolute Gasteiger partial charge is 0.469 e. The lowest BCUT2D eigenvalue weighted by molar-refractivity contribution is -0.140. The van der Waals surface area contributed by atoms with Gasteiger partial charge in [-0.1, -0.05) is 27.7 Å². The Bertz CT molecular complexity index is 203. The zero-order valence-electron chi connectivity index (χ0n) is 12.9. The molecule has 0 aromatic carbocycles. The van der Waals surface area contributed by atoms with Crippen LogP contribution in [0.25, 0.3) is 0 Å². The van der Waals surface area contributed by atoms with Crippen LogP contribution < -0.4 is 0 Å². The number of nitrogens with zero attached hydrogens (tertiary/aromatic N) is 1. The van der Waals surface area contributed by atoms with Crippen LogP contribution in [0.4, 0.5) is 0 Å². The number of esters is 1. The zero-order chi connectivity index (χ0) is 14.0.